The fraction of sp³-hybridized carbons (Fsp3) is 0.435. The zero-order valence-electron chi connectivity index (χ0n) is 18.7. The first-order valence-corrected chi connectivity index (χ1v) is 12.4. The molecule has 1 N–H and O–H groups in total. The van der Waals surface area contributed by atoms with Crippen LogP contribution in [0.25, 0.3) is 0 Å². The van der Waals surface area contributed by atoms with Gasteiger partial charge in [0.2, 0.25) is 10.0 Å². The molecule has 2 saturated heterocycles. The highest BCUT2D eigenvalue weighted by Crippen LogP contribution is 2.27. The predicted molar refractivity (Wildman–Crippen MR) is 123 cm³/mol. The van der Waals surface area contributed by atoms with Crippen molar-refractivity contribution >= 4 is 21.6 Å². The number of carbonyl (C=O) groups excluding carboxylic acids is 1. The second kappa shape index (κ2) is 10.5. The number of morpholine rings is 2. The maximum atomic E-state index is 13.2. The third kappa shape index (κ3) is 5.47. The van der Waals surface area contributed by atoms with Gasteiger partial charge in [-0.1, -0.05) is 12.1 Å². The van der Waals surface area contributed by atoms with Gasteiger partial charge in [-0.25, -0.2) is 8.42 Å². The highest BCUT2D eigenvalue weighted by Gasteiger charge is 2.29. The number of rotatable bonds is 7. The van der Waals surface area contributed by atoms with Crippen molar-refractivity contribution in [2.75, 3.05) is 64.6 Å². The topological polar surface area (TPSA) is 97.4 Å². The lowest BCUT2D eigenvalue weighted by atomic mass is 10.1. The Labute approximate surface area is 194 Å². The summed E-state index contributed by atoms with van der Waals surface area (Å²) in [5.74, 6) is 0.409. The van der Waals surface area contributed by atoms with Crippen LogP contribution in [-0.4, -0.2) is 78.3 Å². The van der Waals surface area contributed by atoms with Gasteiger partial charge in [0, 0.05) is 38.4 Å². The number of benzene rings is 2. The van der Waals surface area contributed by atoms with Gasteiger partial charge in [0.05, 0.1) is 44.0 Å². The quantitative estimate of drug-likeness (QED) is 0.648. The normalized spacial score (nSPS) is 17.5. The zero-order chi connectivity index (χ0) is 23.3. The lowest BCUT2D eigenvalue weighted by Crippen LogP contribution is -2.41. The van der Waals surface area contributed by atoms with Crippen LogP contribution in [0.15, 0.2) is 47.4 Å². The number of sulfonamides is 1. The Morgan fingerprint density at radius 1 is 0.970 bits per heavy atom. The lowest BCUT2D eigenvalue weighted by Gasteiger charge is -2.31. The van der Waals surface area contributed by atoms with E-state index in [1.54, 1.807) is 19.2 Å². The van der Waals surface area contributed by atoms with E-state index in [-0.39, 0.29) is 10.8 Å². The van der Waals surface area contributed by atoms with E-state index in [9.17, 15) is 13.2 Å². The molecular formula is C23H29N3O6S. The fourth-order valence-electron chi connectivity index (χ4n) is 3.89. The van der Waals surface area contributed by atoms with Gasteiger partial charge < -0.3 is 24.4 Å². The van der Waals surface area contributed by atoms with Crippen molar-refractivity contribution in [1.29, 1.82) is 0 Å². The SMILES string of the molecule is COc1ccc(CNC(=O)c2cc(S(=O)(=O)N3CCOCC3)ccc2N2CCOCC2)cc1. The number of nitrogens with zero attached hydrogens (tertiary/aromatic N) is 2. The van der Waals surface area contributed by atoms with Gasteiger partial charge in [-0.05, 0) is 35.9 Å². The Balaban J connectivity index is 1.60. The molecule has 33 heavy (non-hydrogen) atoms. The average molecular weight is 476 g/mol. The van der Waals surface area contributed by atoms with Gasteiger partial charge in [-0.15, -0.1) is 0 Å². The van der Waals surface area contributed by atoms with Crippen LogP contribution >= 0.6 is 0 Å². The summed E-state index contributed by atoms with van der Waals surface area (Å²) in [4.78, 5) is 15.4. The molecule has 2 heterocycles. The standard InChI is InChI=1S/C23H29N3O6S/c1-30-19-4-2-18(3-5-19)17-24-23(27)21-16-20(33(28,29)26-10-14-32-15-11-26)6-7-22(21)25-8-12-31-13-9-25/h2-7,16H,8-15,17H2,1H3,(H,24,27). The van der Waals surface area contributed by atoms with E-state index in [1.807, 2.05) is 24.3 Å². The summed E-state index contributed by atoms with van der Waals surface area (Å²) in [7, 11) is -2.13. The van der Waals surface area contributed by atoms with E-state index in [1.165, 1.54) is 10.4 Å². The summed E-state index contributed by atoms with van der Waals surface area (Å²) in [5.41, 5.74) is 1.94. The van der Waals surface area contributed by atoms with E-state index in [4.69, 9.17) is 14.2 Å². The molecule has 4 rings (SSSR count). The molecule has 1 amide bonds. The van der Waals surface area contributed by atoms with Crippen LogP contribution in [0.4, 0.5) is 5.69 Å². The average Bonchev–Trinajstić information content (AvgIpc) is 2.88. The monoisotopic (exact) mass is 475 g/mol. The minimum absolute atomic E-state index is 0.107. The molecule has 2 aromatic carbocycles. The molecule has 0 unspecified atom stereocenters. The molecule has 9 nitrogen and oxygen atoms in total. The Morgan fingerprint density at radius 3 is 2.24 bits per heavy atom. The maximum Gasteiger partial charge on any atom is 0.253 e. The molecule has 2 fully saturated rings. The van der Waals surface area contributed by atoms with Crippen molar-refractivity contribution in [2.24, 2.45) is 0 Å². The summed E-state index contributed by atoms with van der Waals surface area (Å²) in [6, 6.07) is 12.2. The first-order valence-electron chi connectivity index (χ1n) is 10.9. The molecule has 178 valence electrons. The predicted octanol–water partition coefficient (Wildman–Crippen LogP) is 1.48. The molecule has 2 aliphatic heterocycles. The van der Waals surface area contributed by atoms with Crippen LogP contribution in [-0.2, 0) is 26.0 Å². The molecule has 0 aromatic heterocycles. The Hall–Kier alpha value is -2.66. The van der Waals surface area contributed by atoms with Gasteiger partial charge >= 0.3 is 0 Å². The lowest BCUT2D eigenvalue weighted by molar-refractivity contribution is 0.0730. The minimum Gasteiger partial charge on any atom is -0.497 e. The van der Waals surface area contributed by atoms with E-state index >= 15 is 0 Å². The van der Waals surface area contributed by atoms with Crippen molar-refractivity contribution in [3.63, 3.8) is 0 Å². The maximum absolute atomic E-state index is 13.2. The van der Waals surface area contributed by atoms with Gasteiger partial charge in [0.1, 0.15) is 5.75 Å². The van der Waals surface area contributed by atoms with Crippen LogP contribution < -0.4 is 15.0 Å². The number of nitrogens with one attached hydrogen (secondary N) is 1. The van der Waals surface area contributed by atoms with Crippen molar-refractivity contribution in [1.82, 2.24) is 9.62 Å². The van der Waals surface area contributed by atoms with Crippen LogP contribution in [0, 0.1) is 0 Å². The molecule has 2 aliphatic rings. The zero-order valence-corrected chi connectivity index (χ0v) is 19.5. The molecule has 0 spiro atoms. The van der Waals surface area contributed by atoms with Crippen molar-refractivity contribution in [2.45, 2.75) is 11.4 Å². The summed E-state index contributed by atoms with van der Waals surface area (Å²) in [5, 5.41) is 2.92. The number of ether oxygens (including phenoxy) is 3. The highest BCUT2D eigenvalue weighted by atomic mass is 32.2. The fourth-order valence-corrected chi connectivity index (χ4v) is 5.33. The summed E-state index contributed by atoms with van der Waals surface area (Å²) in [6.45, 7) is 4.01. The van der Waals surface area contributed by atoms with Crippen LogP contribution in [0.5, 0.6) is 5.75 Å². The number of anilines is 1. The number of carbonyl (C=O) groups is 1. The number of hydrogen-bond donors (Lipinski definition) is 1. The molecular weight excluding hydrogens is 446 g/mol. The second-order valence-electron chi connectivity index (χ2n) is 7.83. The number of hydrogen-bond acceptors (Lipinski definition) is 7. The van der Waals surface area contributed by atoms with E-state index in [0.717, 1.165) is 11.3 Å². The smallest absolute Gasteiger partial charge is 0.253 e. The molecule has 0 saturated carbocycles. The van der Waals surface area contributed by atoms with Gasteiger partial charge in [0.15, 0.2) is 0 Å². The molecule has 0 atom stereocenters. The number of amides is 1. The minimum atomic E-state index is -3.72. The molecule has 0 bridgehead atoms. The highest BCUT2D eigenvalue weighted by molar-refractivity contribution is 7.89. The molecule has 2 aromatic rings. The second-order valence-corrected chi connectivity index (χ2v) is 9.76. The van der Waals surface area contributed by atoms with E-state index < -0.39 is 10.0 Å². The van der Waals surface area contributed by atoms with Crippen molar-refractivity contribution in [3.8, 4) is 5.75 Å². The van der Waals surface area contributed by atoms with E-state index in [0.29, 0.717) is 70.4 Å². The van der Waals surface area contributed by atoms with E-state index in [2.05, 4.69) is 10.2 Å². The van der Waals surface area contributed by atoms with Gasteiger partial charge in [-0.3, -0.25) is 4.79 Å². The van der Waals surface area contributed by atoms with Crippen LogP contribution in [0.2, 0.25) is 0 Å². The summed E-state index contributed by atoms with van der Waals surface area (Å²) >= 11 is 0. The van der Waals surface area contributed by atoms with Gasteiger partial charge in [0.25, 0.3) is 5.91 Å². The van der Waals surface area contributed by atoms with Crippen LogP contribution in [0.3, 0.4) is 0 Å². The van der Waals surface area contributed by atoms with Crippen LogP contribution in [0.1, 0.15) is 15.9 Å². The Kier molecular flexibility index (Phi) is 7.49. The third-order valence-electron chi connectivity index (χ3n) is 5.78. The molecule has 0 aliphatic carbocycles. The Bertz CT molecular complexity index is 1060. The largest absolute Gasteiger partial charge is 0.497 e. The molecule has 0 radical (unpaired) electrons. The van der Waals surface area contributed by atoms with Crippen molar-refractivity contribution < 1.29 is 27.4 Å². The van der Waals surface area contributed by atoms with Crippen molar-refractivity contribution in [3.05, 3.63) is 53.6 Å². The summed E-state index contributed by atoms with van der Waals surface area (Å²) in [6.07, 6.45) is 0. The van der Waals surface area contributed by atoms with Gasteiger partial charge in [-0.2, -0.15) is 4.31 Å². The molecule has 10 heteroatoms. The Morgan fingerprint density at radius 2 is 1.61 bits per heavy atom. The first-order chi connectivity index (χ1) is 16.0. The first kappa shape index (κ1) is 23.5. The third-order valence-corrected chi connectivity index (χ3v) is 7.68. The number of methoxy groups -OCH3 is 1. The summed E-state index contributed by atoms with van der Waals surface area (Å²) < 4.78 is 43.7.